The van der Waals surface area contributed by atoms with Crippen LogP contribution in [0.15, 0.2) is 59.7 Å². The van der Waals surface area contributed by atoms with E-state index in [4.69, 9.17) is 18.9 Å². The topological polar surface area (TPSA) is 77.5 Å². The van der Waals surface area contributed by atoms with Gasteiger partial charge in [0.25, 0.3) is 11.8 Å². The number of benzene rings is 2. The molecule has 0 saturated carbocycles. The largest absolute Gasteiger partial charge is 0.465 e. The van der Waals surface area contributed by atoms with E-state index >= 15 is 0 Å². The maximum absolute atomic E-state index is 14.5. The third kappa shape index (κ3) is 7.81. The third-order valence-electron chi connectivity index (χ3n) is 9.72. The second-order valence-electron chi connectivity index (χ2n) is 13.4. The molecule has 0 spiro atoms. The van der Waals surface area contributed by atoms with Crippen molar-refractivity contribution in [2.45, 2.75) is 116 Å². The van der Waals surface area contributed by atoms with E-state index in [2.05, 4.69) is 13.8 Å². The first-order valence-electron chi connectivity index (χ1n) is 18.5. The molecule has 2 fully saturated rings. The van der Waals surface area contributed by atoms with Crippen LogP contribution in [0.3, 0.4) is 0 Å². The van der Waals surface area contributed by atoms with Crippen LogP contribution >= 0.6 is 0 Å². The summed E-state index contributed by atoms with van der Waals surface area (Å²) in [5, 5.41) is 0. The Kier molecular flexibility index (Phi) is 11.9. The number of carbonyl (C=O) groups excluding carboxylic acids is 2. The van der Waals surface area contributed by atoms with Crippen LogP contribution in [0.1, 0.15) is 115 Å². The Morgan fingerprint density at radius 1 is 0.583 bits per heavy atom. The van der Waals surface area contributed by atoms with Gasteiger partial charge in [0, 0.05) is 25.9 Å². The van der Waals surface area contributed by atoms with Gasteiger partial charge in [0.15, 0.2) is 12.6 Å². The van der Waals surface area contributed by atoms with E-state index in [1.807, 2.05) is 58.3 Å². The SMILES string of the molecule is CCCCCCN1C(=O)C2=C(c3ccc(O[C@H]4CCCCO4)cc3)N(CCCCCC)C(=O)C2=C1c1ccc(O[C@@H]2CCCCO2)cc1. The van der Waals surface area contributed by atoms with Gasteiger partial charge in [-0.1, -0.05) is 52.4 Å². The number of unbranched alkanes of at least 4 members (excludes halogenated alkanes) is 6. The fourth-order valence-electron chi connectivity index (χ4n) is 7.11. The van der Waals surface area contributed by atoms with E-state index in [0.717, 1.165) is 113 Å². The van der Waals surface area contributed by atoms with Gasteiger partial charge in [-0.3, -0.25) is 9.59 Å². The highest BCUT2D eigenvalue weighted by Crippen LogP contribution is 2.47. The number of nitrogens with zero attached hydrogens (tertiary/aromatic N) is 2. The minimum atomic E-state index is -0.239. The molecule has 0 radical (unpaired) electrons. The van der Waals surface area contributed by atoms with E-state index in [-0.39, 0.29) is 24.4 Å². The molecule has 2 saturated heterocycles. The van der Waals surface area contributed by atoms with Gasteiger partial charge >= 0.3 is 0 Å². The van der Waals surface area contributed by atoms with Crippen molar-refractivity contribution in [2.24, 2.45) is 0 Å². The lowest BCUT2D eigenvalue weighted by Crippen LogP contribution is -2.31. The van der Waals surface area contributed by atoms with Crippen LogP contribution in [-0.2, 0) is 19.1 Å². The van der Waals surface area contributed by atoms with Crippen LogP contribution in [-0.4, -0.2) is 60.5 Å². The second kappa shape index (κ2) is 16.7. The maximum Gasteiger partial charge on any atom is 0.261 e. The zero-order valence-corrected chi connectivity index (χ0v) is 28.8. The molecule has 48 heavy (non-hydrogen) atoms. The minimum absolute atomic E-state index is 0.0947. The molecular weight excluding hydrogens is 604 g/mol. The quantitative estimate of drug-likeness (QED) is 0.169. The Hall–Kier alpha value is -3.62. The second-order valence-corrected chi connectivity index (χ2v) is 13.4. The molecule has 2 aromatic rings. The average Bonchev–Trinajstić information content (AvgIpc) is 3.56. The lowest BCUT2D eigenvalue weighted by atomic mass is 10.0. The summed E-state index contributed by atoms with van der Waals surface area (Å²) in [5.41, 5.74) is 4.14. The molecule has 4 heterocycles. The Labute approximate surface area is 286 Å². The fraction of sp³-hybridized carbons (Fsp3) is 0.550. The molecule has 8 heteroatoms. The van der Waals surface area contributed by atoms with Crippen LogP contribution in [0.2, 0.25) is 0 Å². The third-order valence-corrected chi connectivity index (χ3v) is 9.72. The number of amides is 2. The van der Waals surface area contributed by atoms with Gasteiger partial charge < -0.3 is 28.7 Å². The van der Waals surface area contributed by atoms with Gasteiger partial charge in [-0.05, 0) is 98.2 Å². The number of carbonyl (C=O) groups is 2. The predicted octanol–water partition coefficient (Wildman–Crippen LogP) is 8.46. The van der Waals surface area contributed by atoms with Crippen LogP contribution in [0.4, 0.5) is 0 Å². The molecule has 258 valence electrons. The minimum Gasteiger partial charge on any atom is -0.465 e. The van der Waals surface area contributed by atoms with Crippen molar-refractivity contribution in [3.05, 3.63) is 70.8 Å². The van der Waals surface area contributed by atoms with Crippen molar-refractivity contribution < 1.29 is 28.5 Å². The highest BCUT2D eigenvalue weighted by Gasteiger charge is 2.48. The van der Waals surface area contributed by atoms with Crippen molar-refractivity contribution in [1.82, 2.24) is 9.80 Å². The monoisotopic (exact) mass is 656 g/mol. The normalized spacial score (nSPS) is 21.4. The molecule has 6 rings (SSSR count). The number of hydrogen-bond donors (Lipinski definition) is 0. The Morgan fingerprint density at radius 3 is 1.35 bits per heavy atom. The molecule has 4 aliphatic rings. The zero-order valence-electron chi connectivity index (χ0n) is 28.8. The van der Waals surface area contributed by atoms with Crippen molar-refractivity contribution >= 4 is 23.2 Å². The smallest absolute Gasteiger partial charge is 0.261 e. The molecule has 2 atom stereocenters. The van der Waals surface area contributed by atoms with Crippen molar-refractivity contribution in [3.8, 4) is 11.5 Å². The van der Waals surface area contributed by atoms with E-state index in [1.54, 1.807) is 0 Å². The van der Waals surface area contributed by atoms with Gasteiger partial charge in [0.05, 0.1) is 35.8 Å². The molecule has 0 bridgehead atoms. The van der Waals surface area contributed by atoms with E-state index in [9.17, 15) is 9.59 Å². The first-order valence-corrected chi connectivity index (χ1v) is 18.5. The molecule has 8 nitrogen and oxygen atoms in total. The average molecular weight is 657 g/mol. The standard InChI is InChI=1S/C40H52N2O6/c1-3-5-7-11-25-41-37(29-17-21-31(22-18-29)47-33-15-9-13-27-45-33)35-36(39(41)43)38(42(40(35)44)26-12-8-6-4-2)30-19-23-32(24-20-30)48-34-16-10-14-28-46-34/h17-24,33-34H,3-16,25-28H2,1-2H3/t33-,34+. The Balaban J connectivity index is 1.35. The summed E-state index contributed by atoms with van der Waals surface area (Å²) in [4.78, 5) is 32.7. The molecule has 4 aliphatic heterocycles. The first-order chi connectivity index (χ1) is 23.6. The number of fused-ring (bicyclic) bond motifs is 1. The van der Waals surface area contributed by atoms with E-state index in [1.165, 1.54) is 0 Å². The number of hydrogen-bond acceptors (Lipinski definition) is 6. The van der Waals surface area contributed by atoms with E-state index < -0.39 is 0 Å². The number of rotatable bonds is 16. The Morgan fingerprint density at radius 2 is 1.00 bits per heavy atom. The molecule has 0 unspecified atom stereocenters. The molecule has 0 aliphatic carbocycles. The van der Waals surface area contributed by atoms with Gasteiger partial charge in [-0.2, -0.15) is 0 Å². The van der Waals surface area contributed by atoms with Crippen LogP contribution in [0.25, 0.3) is 11.4 Å². The molecular formula is C40H52N2O6. The summed E-state index contributed by atoms with van der Waals surface area (Å²) in [7, 11) is 0. The van der Waals surface area contributed by atoms with Crippen LogP contribution in [0.5, 0.6) is 11.5 Å². The summed E-state index contributed by atoms with van der Waals surface area (Å²) < 4.78 is 23.8. The maximum atomic E-state index is 14.5. The summed E-state index contributed by atoms with van der Waals surface area (Å²) in [6.45, 7) is 6.94. The molecule has 0 aromatic heterocycles. The lowest BCUT2D eigenvalue weighted by Gasteiger charge is -2.26. The summed E-state index contributed by atoms with van der Waals surface area (Å²) in [5.74, 6) is 1.26. The molecule has 2 aromatic carbocycles. The van der Waals surface area contributed by atoms with Gasteiger partial charge in [-0.25, -0.2) is 0 Å². The predicted molar refractivity (Wildman–Crippen MR) is 187 cm³/mol. The van der Waals surface area contributed by atoms with Crippen LogP contribution in [0, 0.1) is 0 Å². The van der Waals surface area contributed by atoms with Crippen molar-refractivity contribution in [1.29, 1.82) is 0 Å². The lowest BCUT2D eigenvalue weighted by molar-refractivity contribution is -0.124. The fourth-order valence-corrected chi connectivity index (χ4v) is 7.11. The molecule has 2 amide bonds. The summed E-state index contributed by atoms with van der Waals surface area (Å²) >= 11 is 0. The molecule has 0 N–H and O–H groups in total. The Bertz CT molecular complexity index is 1340. The van der Waals surface area contributed by atoms with Crippen LogP contribution < -0.4 is 9.47 Å². The van der Waals surface area contributed by atoms with Gasteiger partial charge in [0.2, 0.25) is 0 Å². The van der Waals surface area contributed by atoms with E-state index in [0.29, 0.717) is 48.8 Å². The highest BCUT2D eigenvalue weighted by atomic mass is 16.7. The zero-order chi connectivity index (χ0) is 33.3. The number of ether oxygens (including phenoxy) is 4. The summed E-state index contributed by atoms with van der Waals surface area (Å²) in [6, 6.07) is 15.6. The van der Waals surface area contributed by atoms with Crippen molar-refractivity contribution in [2.75, 3.05) is 26.3 Å². The first kappa shape index (κ1) is 34.3. The highest BCUT2D eigenvalue weighted by molar-refractivity contribution is 6.30. The van der Waals surface area contributed by atoms with Gasteiger partial charge in [-0.15, -0.1) is 0 Å². The van der Waals surface area contributed by atoms with Gasteiger partial charge in [0.1, 0.15) is 11.5 Å². The van der Waals surface area contributed by atoms with Crippen molar-refractivity contribution in [3.63, 3.8) is 0 Å². The summed E-state index contributed by atoms with van der Waals surface area (Å²) in [6.07, 6.45) is 13.8.